The molecule has 2 saturated carbocycles. The van der Waals surface area contributed by atoms with E-state index in [4.69, 9.17) is 4.98 Å². The van der Waals surface area contributed by atoms with Crippen LogP contribution in [-0.2, 0) is 6.54 Å². The van der Waals surface area contributed by atoms with E-state index in [1.54, 1.807) is 23.7 Å². The van der Waals surface area contributed by atoms with Crippen molar-refractivity contribution in [3.05, 3.63) is 41.9 Å². The molecule has 0 amide bonds. The van der Waals surface area contributed by atoms with Crippen molar-refractivity contribution in [3.8, 4) is 11.8 Å². The van der Waals surface area contributed by atoms with Gasteiger partial charge < -0.3 is 15.7 Å². The minimum Gasteiger partial charge on any atom is -0.391 e. The Morgan fingerprint density at radius 1 is 1.10 bits per heavy atom. The van der Waals surface area contributed by atoms with Gasteiger partial charge in [-0.15, -0.1) is 0 Å². The predicted octanol–water partition coefficient (Wildman–Crippen LogP) is 4.18. The van der Waals surface area contributed by atoms with Crippen molar-refractivity contribution >= 4 is 32.5 Å². The van der Waals surface area contributed by atoms with E-state index in [0.29, 0.717) is 18.2 Å². The minimum absolute atomic E-state index is 0.106. The summed E-state index contributed by atoms with van der Waals surface area (Å²) in [5, 5.41) is 17.9. The van der Waals surface area contributed by atoms with E-state index in [1.807, 2.05) is 0 Å². The Kier molecular flexibility index (Phi) is 5.52. The van der Waals surface area contributed by atoms with E-state index >= 15 is 0 Å². The maximum atomic E-state index is 10.2. The number of fused-ring (bicyclic) bond motifs is 1. The third-order valence-electron chi connectivity index (χ3n) is 5.58. The normalized spacial score (nSPS) is 21.1. The third kappa shape index (κ3) is 4.72. The van der Waals surface area contributed by atoms with Crippen molar-refractivity contribution in [2.45, 2.75) is 57.2 Å². The molecular formula is C23H25N5OS. The van der Waals surface area contributed by atoms with Gasteiger partial charge in [0.25, 0.3) is 0 Å². The number of aliphatic hydroxyl groups excluding tert-OH is 1. The van der Waals surface area contributed by atoms with Crippen molar-refractivity contribution in [1.29, 1.82) is 0 Å². The molecular weight excluding hydrogens is 394 g/mol. The molecule has 3 N–H and O–H groups in total. The van der Waals surface area contributed by atoms with Gasteiger partial charge >= 0.3 is 0 Å². The molecule has 2 fully saturated rings. The Bertz CT molecular complexity index is 1100. The van der Waals surface area contributed by atoms with Gasteiger partial charge in [-0.2, -0.15) is 0 Å². The van der Waals surface area contributed by atoms with Crippen LogP contribution < -0.4 is 10.6 Å². The molecule has 3 aromatic rings. The van der Waals surface area contributed by atoms with Crippen molar-refractivity contribution < 1.29 is 5.11 Å². The van der Waals surface area contributed by atoms with Gasteiger partial charge in [-0.1, -0.05) is 36.2 Å². The first kappa shape index (κ1) is 19.3. The number of hydrogen-bond acceptors (Lipinski definition) is 7. The maximum Gasteiger partial charge on any atom is 0.184 e. The van der Waals surface area contributed by atoms with Crippen LogP contribution in [0.3, 0.4) is 0 Å². The quantitative estimate of drug-likeness (QED) is 0.538. The summed E-state index contributed by atoms with van der Waals surface area (Å²) in [4.78, 5) is 13.5. The number of anilines is 2. The Morgan fingerprint density at radius 3 is 2.87 bits per heavy atom. The molecule has 5 rings (SSSR count). The van der Waals surface area contributed by atoms with Crippen LogP contribution in [0.2, 0.25) is 0 Å². The molecule has 6 nitrogen and oxygen atoms in total. The average molecular weight is 420 g/mol. The summed E-state index contributed by atoms with van der Waals surface area (Å²) < 4.78 is 1.14. The fourth-order valence-electron chi connectivity index (χ4n) is 3.69. The number of benzene rings is 1. The molecule has 2 aliphatic carbocycles. The number of rotatable bonds is 5. The van der Waals surface area contributed by atoms with Crippen LogP contribution in [0.4, 0.5) is 10.9 Å². The molecule has 0 bridgehead atoms. The summed E-state index contributed by atoms with van der Waals surface area (Å²) in [6.45, 7) is 0.659. The molecule has 2 heterocycles. The summed E-state index contributed by atoms with van der Waals surface area (Å²) in [6, 6.07) is 6.40. The van der Waals surface area contributed by atoms with Gasteiger partial charge in [0.2, 0.25) is 0 Å². The molecule has 1 aromatic carbocycles. The van der Waals surface area contributed by atoms with E-state index < -0.39 is 0 Å². The van der Waals surface area contributed by atoms with Crippen molar-refractivity contribution in [1.82, 2.24) is 15.0 Å². The minimum atomic E-state index is -0.281. The van der Waals surface area contributed by atoms with Crippen LogP contribution >= 0.6 is 11.3 Å². The molecule has 2 atom stereocenters. The van der Waals surface area contributed by atoms with E-state index in [2.05, 4.69) is 50.6 Å². The molecule has 0 aliphatic heterocycles. The molecule has 154 valence electrons. The number of thiazole rings is 1. The van der Waals surface area contributed by atoms with Crippen molar-refractivity contribution in [3.63, 3.8) is 0 Å². The Labute approximate surface area is 180 Å². The van der Waals surface area contributed by atoms with Gasteiger partial charge in [0.15, 0.2) is 5.13 Å². The second kappa shape index (κ2) is 8.58. The van der Waals surface area contributed by atoms with Crippen molar-refractivity contribution in [2.24, 2.45) is 5.92 Å². The van der Waals surface area contributed by atoms with Crippen LogP contribution in [-0.4, -0.2) is 32.2 Å². The number of aromatic nitrogens is 3. The largest absolute Gasteiger partial charge is 0.391 e. The molecule has 2 aliphatic rings. The molecule has 0 spiro atoms. The van der Waals surface area contributed by atoms with E-state index in [-0.39, 0.29) is 12.1 Å². The third-order valence-corrected chi connectivity index (χ3v) is 6.53. The lowest BCUT2D eigenvalue weighted by Gasteiger charge is -2.27. The van der Waals surface area contributed by atoms with Crippen LogP contribution in [0.5, 0.6) is 0 Å². The molecule has 0 radical (unpaired) electrons. The lowest BCUT2D eigenvalue weighted by molar-refractivity contribution is 0.116. The van der Waals surface area contributed by atoms with Crippen LogP contribution in [0.1, 0.15) is 49.8 Å². The summed E-state index contributed by atoms with van der Waals surface area (Å²) >= 11 is 1.64. The SMILES string of the molecule is O[C@@H]1CCCCC1Nc1nc2ccc(CNc3cncc(C#CC4CC4)n3)cc2s1. The highest BCUT2D eigenvalue weighted by molar-refractivity contribution is 7.22. The highest BCUT2D eigenvalue weighted by Gasteiger charge is 2.23. The van der Waals surface area contributed by atoms with E-state index in [9.17, 15) is 5.11 Å². The first-order valence-electron chi connectivity index (χ1n) is 10.6. The number of nitrogens with zero attached hydrogens (tertiary/aromatic N) is 3. The van der Waals surface area contributed by atoms with Gasteiger partial charge in [0.1, 0.15) is 11.5 Å². The van der Waals surface area contributed by atoms with E-state index in [1.165, 1.54) is 12.8 Å². The predicted molar refractivity (Wildman–Crippen MR) is 120 cm³/mol. The second-order valence-electron chi connectivity index (χ2n) is 8.11. The van der Waals surface area contributed by atoms with Gasteiger partial charge in [-0.25, -0.2) is 9.97 Å². The van der Waals surface area contributed by atoms with Crippen molar-refractivity contribution in [2.75, 3.05) is 10.6 Å². The molecule has 2 aromatic heterocycles. The Hall–Kier alpha value is -2.69. The first-order chi connectivity index (χ1) is 14.7. The van der Waals surface area contributed by atoms with Gasteiger partial charge in [0.05, 0.1) is 34.8 Å². The first-order valence-corrected chi connectivity index (χ1v) is 11.5. The Balaban J connectivity index is 1.24. The summed E-state index contributed by atoms with van der Waals surface area (Å²) in [5.41, 5.74) is 2.85. The molecule has 30 heavy (non-hydrogen) atoms. The smallest absolute Gasteiger partial charge is 0.184 e. The van der Waals surface area contributed by atoms with Gasteiger partial charge in [-0.3, -0.25) is 4.98 Å². The van der Waals surface area contributed by atoms with Crippen LogP contribution in [0.15, 0.2) is 30.6 Å². The van der Waals surface area contributed by atoms with Gasteiger partial charge in [-0.05, 0) is 49.3 Å². The lowest BCUT2D eigenvalue weighted by atomic mass is 9.93. The Morgan fingerprint density at radius 2 is 2.00 bits per heavy atom. The lowest BCUT2D eigenvalue weighted by Crippen LogP contribution is -2.36. The van der Waals surface area contributed by atoms with E-state index in [0.717, 1.165) is 52.4 Å². The topological polar surface area (TPSA) is 83.0 Å². The summed E-state index contributed by atoms with van der Waals surface area (Å²) in [7, 11) is 0. The van der Waals surface area contributed by atoms with Crippen LogP contribution in [0.25, 0.3) is 10.2 Å². The van der Waals surface area contributed by atoms with Crippen LogP contribution in [0, 0.1) is 17.8 Å². The molecule has 0 saturated heterocycles. The zero-order valence-corrected chi connectivity index (χ0v) is 17.6. The standard InChI is InChI=1S/C23H25N5OS/c29-20-4-2-1-3-18(20)27-23-28-19-10-8-16(11-21(19)30-23)12-25-22-14-24-13-17(26-22)9-7-15-5-6-15/h8,10-11,13-15,18,20,29H,1-6,12H2,(H,25,26)(H,27,28)/t18?,20-/m1/s1. The highest BCUT2D eigenvalue weighted by Crippen LogP contribution is 2.30. The fourth-order valence-corrected chi connectivity index (χ4v) is 4.68. The number of aliphatic hydroxyl groups is 1. The number of hydrogen-bond donors (Lipinski definition) is 3. The van der Waals surface area contributed by atoms with Gasteiger partial charge in [0, 0.05) is 12.5 Å². The highest BCUT2D eigenvalue weighted by atomic mass is 32.1. The second-order valence-corrected chi connectivity index (χ2v) is 9.14. The monoisotopic (exact) mass is 419 g/mol. The summed E-state index contributed by atoms with van der Waals surface area (Å²) in [5.74, 6) is 7.62. The number of nitrogens with one attached hydrogen (secondary N) is 2. The fraction of sp³-hybridized carbons (Fsp3) is 0.435. The zero-order chi connectivity index (χ0) is 20.3. The summed E-state index contributed by atoms with van der Waals surface area (Å²) in [6.07, 6.45) is 9.70. The maximum absolute atomic E-state index is 10.2. The molecule has 1 unspecified atom stereocenters. The zero-order valence-electron chi connectivity index (χ0n) is 16.8. The molecule has 7 heteroatoms. The average Bonchev–Trinajstić information content (AvgIpc) is 3.51.